The number of hydrogen-bond donors (Lipinski definition) is 1. The molecule has 2 aromatic rings. The van der Waals surface area contributed by atoms with E-state index >= 15 is 0 Å². The van der Waals surface area contributed by atoms with Gasteiger partial charge in [-0.3, -0.25) is 24.1 Å². The second-order valence-electron chi connectivity index (χ2n) is 5.43. The van der Waals surface area contributed by atoms with Gasteiger partial charge in [-0.2, -0.15) is 5.10 Å². The molecule has 0 fully saturated rings. The first-order valence-corrected chi connectivity index (χ1v) is 7.54. The molecule has 0 spiro atoms. The number of amides is 2. The maximum absolute atomic E-state index is 12.6. The smallest absolute Gasteiger partial charge is 0.303 e. The fourth-order valence-corrected chi connectivity index (χ4v) is 2.67. The fraction of sp³-hybridized carbons (Fsp3) is 0.176. The van der Waals surface area contributed by atoms with Crippen molar-refractivity contribution in [3.05, 3.63) is 58.9 Å². The van der Waals surface area contributed by atoms with Crippen molar-refractivity contribution < 1.29 is 24.3 Å². The molecule has 0 saturated carbocycles. The number of rotatable bonds is 6. The summed E-state index contributed by atoms with van der Waals surface area (Å²) >= 11 is 0. The number of benzene rings is 1. The van der Waals surface area contributed by atoms with Crippen molar-refractivity contribution in [1.29, 1.82) is 0 Å². The van der Waals surface area contributed by atoms with Crippen LogP contribution in [0.1, 0.15) is 49.6 Å². The predicted molar refractivity (Wildman–Crippen MR) is 84.1 cm³/mol. The van der Waals surface area contributed by atoms with Crippen LogP contribution in [0.2, 0.25) is 0 Å². The molecular weight excluding hydrogens is 326 g/mol. The predicted octanol–water partition coefficient (Wildman–Crippen LogP) is 1.17. The number of aromatic nitrogens is 2. The SMILES string of the molecule is O=C(O)CCCN1C(=O)c2cccc(C(=O)c3cccnn3)c2C1=O. The maximum atomic E-state index is 12.6. The second-order valence-corrected chi connectivity index (χ2v) is 5.43. The van der Waals surface area contributed by atoms with Crippen LogP contribution in [0.15, 0.2) is 36.5 Å². The molecule has 0 aliphatic carbocycles. The molecule has 1 aromatic carbocycles. The first-order chi connectivity index (χ1) is 12.0. The highest BCUT2D eigenvalue weighted by molar-refractivity contribution is 6.26. The number of carboxylic acids is 1. The minimum atomic E-state index is -1.00. The van der Waals surface area contributed by atoms with Crippen molar-refractivity contribution in [2.24, 2.45) is 0 Å². The molecule has 2 heterocycles. The summed E-state index contributed by atoms with van der Waals surface area (Å²) in [6.07, 6.45) is 1.41. The summed E-state index contributed by atoms with van der Waals surface area (Å²) in [7, 11) is 0. The lowest BCUT2D eigenvalue weighted by atomic mass is 9.98. The van der Waals surface area contributed by atoms with Gasteiger partial charge in [0, 0.05) is 24.7 Å². The van der Waals surface area contributed by atoms with E-state index in [2.05, 4.69) is 10.2 Å². The first-order valence-electron chi connectivity index (χ1n) is 7.54. The van der Waals surface area contributed by atoms with Gasteiger partial charge < -0.3 is 5.11 Å². The van der Waals surface area contributed by atoms with E-state index in [1.807, 2.05) is 0 Å². The van der Waals surface area contributed by atoms with Gasteiger partial charge in [0.2, 0.25) is 5.78 Å². The number of imide groups is 1. The molecule has 0 radical (unpaired) electrons. The number of hydrogen-bond acceptors (Lipinski definition) is 6. The number of ketones is 1. The number of carboxylic acid groups (broad SMARTS) is 1. The van der Waals surface area contributed by atoms with Crippen LogP contribution in [-0.4, -0.2) is 50.3 Å². The number of fused-ring (bicyclic) bond motifs is 1. The van der Waals surface area contributed by atoms with Gasteiger partial charge >= 0.3 is 5.97 Å². The Morgan fingerprint density at radius 3 is 2.56 bits per heavy atom. The van der Waals surface area contributed by atoms with Gasteiger partial charge in [-0.15, -0.1) is 5.10 Å². The Bertz CT molecular complexity index is 879. The summed E-state index contributed by atoms with van der Waals surface area (Å²) < 4.78 is 0. The quantitative estimate of drug-likeness (QED) is 0.620. The van der Waals surface area contributed by atoms with Crippen molar-refractivity contribution in [3.8, 4) is 0 Å². The largest absolute Gasteiger partial charge is 0.481 e. The highest BCUT2D eigenvalue weighted by Crippen LogP contribution is 2.27. The molecule has 0 saturated heterocycles. The van der Waals surface area contributed by atoms with E-state index in [0.717, 1.165) is 4.90 Å². The van der Waals surface area contributed by atoms with Crippen LogP contribution < -0.4 is 0 Å². The van der Waals surface area contributed by atoms with Gasteiger partial charge in [-0.05, 0) is 24.6 Å². The molecule has 0 bridgehead atoms. The van der Waals surface area contributed by atoms with Crippen LogP contribution in [0.3, 0.4) is 0 Å². The fourth-order valence-electron chi connectivity index (χ4n) is 2.67. The molecule has 2 amide bonds. The van der Waals surface area contributed by atoms with E-state index in [0.29, 0.717) is 0 Å². The standard InChI is InChI=1S/C17H13N3O5/c21-13(22)7-3-9-20-16(24)11-5-1-4-10(14(11)17(20)25)15(23)12-6-2-8-18-19-12/h1-2,4-6,8H,3,7,9H2,(H,21,22). The molecule has 8 nitrogen and oxygen atoms in total. The Morgan fingerprint density at radius 2 is 1.88 bits per heavy atom. The number of nitrogens with zero attached hydrogens (tertiary/aromatic N) is 3. The zero-order valence-electron chi connectivity index (χ0n) is 13.0. The Morgan fingerprint density at radius 1 is 1.08 bits per heavy atom. The van der Waals surface area contributed by atoms with E-state index < -0.39 is 23.6 Å². The molecule has 8 heteroatoms. The van der Waals surface area contributed by atoms with E-state index in [4.69, 9.17) is 5.11 Å². The van der Waals surface area contributed by atoms with Gasteiger partial charge in [0.15, 0.2) is 0 Å². The topological polar surface area (TPSA) is 118 Å². The minimum Gasteiger partial charge on any atom is -0.481 e. The third kappa shape index (κ3) is 3.01. The molecular formula is C17H13N3O5. The van der Waals surface area contributed by atoms with E-state index in [-0.39, 0.29) is 41.8 Å². The van der Waals surface area contributed by atoms with Crippen molar-refractivity contribution in [3.63, 3.8) is 0 Å². The number of carbonyl (C=O) groups is 4. The Hall–Kier alpha value is -3.42. The monoisotopic (exact) mass is 339 g/mol. The third-order valence-electron chi connectivity index (χ3n) is 3.82. The average Bonchev–Trinajstić information content (AvgIpc) is 2.86. The highest BCUT2D eigenvalue weighted by atomic mass is 16.4. The van der Waals surface area contributed by atoms with Crippen molar-refractivity contribution in [1.82, 2.24) is 15.1 Å². The summed E-state index contributed by atoms with van der Waals surface area (Å²) in [5.74, 6) is -2.63. The molecule has 25 heavy (non-hydrogen) atoms. The van der Waals surface area contributed by atoms with Gasteiger partial charge in [0.05, 0.1) is 11.1 Å². The molecule has 3 rings (SSSR count). The van der Waals surface area contributed by atoms with Crippen LogP contribution in [0.5, 0.6) is 0 Å². The van der Waals surface area contributed by atoms with Gasteiger partial charge in [0.1, 0.15) is 5.69 Å². The van der Waals surface area contributed by atoms with Crippen molar-refractivity contribution in [2.75, 3.05) is 6.54 Å². The summed E-state index contributed by atoms with van der Waals surface area (Å²) in [4.78, 5) is 49.2. The van der Waals surface area contributed by atoms with Crippen LogP contribution in [-0.2, 0) is 4.79 Å². The number of aliphatic carboxylic acids is 1. The molecule has 126 valence electrons. The van der Waals surface area contributed by atoms with Gasteiger partial charge in [-0.1, -0.05) is 12.1 Å². The summed E-state index contributed by atoms with van der Waals surface area (Å²) in [5, 5.41) is 16.1. The molecule has 0 unspecified atom stereocenters. The highest BCUT2D eigenvalue weighted by Gasteiger charge is 2.38. The van der Waals surface area contributed by atoms with Crippen LogP contribution in [0.25, 0.3) is 0 Å². The Labute approximate surface area is 142 Å². The van der Waals surface area contributed by atoms with Crippen LogP contribution >= 0.6 is 0 Å². The molecule has 1 aromatic heterocycles. The summed E-state index contributed by atoms with van der Waals surface area (Å²) in [6, 6.07) is 7.48. The Kier molecular flexibility index (Phi) is 4.34. The number of carbonyl (C=O) groups excluding carboxylic acids is 3. The van der Waals surface area contributed by atoms with Gasteiger partial charge in [-0.25, -0.2) is 0 Å². The lowest BCUT2D eigenvalue weighted by molar-refractivity contribution is -0.137. The summed E-state index contributed by atoms with van der Waals surface area (Å²) in [6.45, 7) is -0.0164. The molecule has 1 aliphatic rings. The zero-order chi connectivity index (χ0) is 18.0. The lowest BCUT2D eigenvalue weighted by Gasteiger charge is -2.12. The molecule has 1 aliphatic heterocycles. The summed E-state index contributed by atoms with van der Waals surface area (Å²) in [5.41, 5.74) is 0.311. The van der Waals surface area contributed by atoms with E-state index in [9.17, 15) is 19.2 Å². The maximum Gasteiger partial charge on any atom is 0.303 e. The molecule has 1 N–H and O–H groups in total. The third-order valence-corrected chi connectivity index (χ3v) is 3.82. The average molecular weight is 339 g/mol. The van der Waals surface area contributed by atoms with E-state index in [1.54, 1.807) is 6.07 Å². The van der Waals surface area contributed by atoms with E-state index in [1.165, 1.54) is 30.5 Å². The van der Waals surface area contributed by atoms with Gasteiger partial charge in [0.25, 0.3) is 11.8 Å². The van der Waals surface area contributed by atoms with Crippen LogP contribution in [0.4, 0.5) is 0 Å². The lowest BCUT2D eigenvalue weighted by Crippen LogP contribution is -2.31. The van der Waals surface area contributed by atoms with Crippen molar-refractivity contribution >= 4 is 23.6 Å². The Balaban J connectivity index is 1.93. The normalized spacial score (nSPS) is 13.0. The first kappa shape index (κ1) is 16.4. The van der Waals surface area contributed by atoms with Crippen molar-refractivity contribution in [2.45, 2.75) is 12.8 Å². The van der Waals surface area contributed by atoms with Crippen LogP contribution in [0, 0.1) is 0 Å². The minimum absolute atomic E-state index is 0.0164. The second kappa shape index (κ2) is 6.60. The molecule has 0 atom stereocenters. The zero-order valence-corrected chi connectivity index (χ0v) is 13.0.